The molecule has 0 saturated heterocycles. The minimum atomic E-state index is -1.08. The van der Waals surface area contributed by atoms with Crippen LogP contribution in [0.25, 0.3) is 0 Å². The van der Waals surface area contributed by atoms with Gasteiger partial charge in [-0.05, 0) is 32.4 Å². The van der Waals surface area contributed by atoms with Crippen LogP contribution in [-0.2, 0) is 14.4 Å². The van der Waals surface area contributed by atoms with Gasteiger partial charge in [-0.25, -0.2) is 9.59 Å². The van der Waals surface area contributed by atoms with E-state index in [0.29, 0.717) is 5.57 Å². The number of hydrogen-bond donors (Lipinski definition) is 2. The molecule has 17 heavy (non-hydrogen) atoms. The summed E-state index contributed by atoms with van der Waals surface area (Å²) in [5.41, 5.74) is 0.540. The fraction of sp³-hybridized carbons (Fsp3) is 0.250. The Hall–Kier alpha value is -2.17. The Kier molecular flexibility index (Phi) is 8.15. The number of hydrogen-bond acceptors (Lipinski definition) is 3. The smallest absolute Gasteiger partial charge is 0.331 e. The van der Waals surface area contributed by atoms with Gasteiger partial charge in [-0.3, -0.25) is 4.79 Å². The Morgan fingerprint density at radius 1 is 0.882 bits per heavy atom. The third-order valence-corrected chi connectivity index (χ3v) is 1.47. The highest BCUT2D eigenvalue weighted by Gasteiger charge is 2.03. The molecule has 0 radical (unpaired) electrons. The fourth-order valence-electron chi connectivity index (χ4n) is 0.382. The summed E-state index contributed by atoms with van der Waals surface area (Å²) in [7, 11) is 0. The Balaban J connectivity index is 0. The highest BCUT2D eigenvalue weighted by Crippen LogP contribution is 1.97. The summed E-state index contributed by atoms with van der Waals surface area (Å²) < 4.78 is 0. The molecule has 0 aromatic carbocycles. The van der Waals surface area contributed by atoms with Crippen LogP contribution in [0.15, 0.2) is 36.0 Å². The van der Waals surface area contributed by atoms with Gasteiger partial charge in [0.15, 0.2) is 5.78 Å². The number of allylic oxidation sites excluding steroid dienone is 2. The number of rotatable bonds is 4. The molecule has 0 fully saturated rings. The highest BCUT2D eigenvalue weighted by molar-refractivity contribution is 6.07. The van der Waals surface area contributed by atoms with Gasteiger partial charge >= 0.3 is 11.9 Å². The van der Waals surface area contributed by atoms with Gasteiger partial charge in [-0.2, -0.15) is 0 Å². The summed E-state index contributed by atoms with van der Waals surface area (Å²) in [6.07, 6.45) is 1.06. The Labute approximate surface area is 99.8 Å². The number of carbonyl (C=O) groups is 3. The summed E-state index contributed by atoms with van der Waals surface area (Å²) in [4.78, 5) is 30.6. The lowest BCUT2D eigenvalue weighted by Gasteiger charge is -1.92. The van der Waals surface area contributed by atoms with Crippen molar-refractivity contribution in [2.75, 3.05) is 0 Å². The van der Waals surface area contributed by atoms with Crippen LogP contribution in [0.3, 0.4) is 0 Å². The van der Waals surface area contributed by atoms with Crippen molar-refractivity contribution in [1.82, 2.24) is 0 Å². The molecule has 0 rings (SSSR count). The summed E-state index contributed by atoms with van der Waals surface area (Å²) in [5.74, 6) is -2.36. The zero-order valence-corrected chi connectivity index (χ0v) is 10.1. The van der Waals surface area contributed by atoms with Crippen molar-refractivity contribution in [2.24, 2.45) is 0 Å². The molecule has 5 nitrogen and oxygen atoms in total. The first-order chi connectivity index (χ1) is 7.59. The zero-order chi connectivity index (χ0) is 14.2. The molecule has 0 amide bonds. The van der Waals surface area contributed by atoms with Gasteiger partial charge in [-0.15, -0.1) is 0 Å². The van der Waals surface area contributed by atoms with Gasteiger partial charge in [0.1, 0.15) is 0 Å². The third-order valence-electron chi connectivity index (χ3n) is 1.47. The summed E-state index contributed by atoms with van der Waals surface area (Å²) in [6, 6.07) is 0. The maximum Gasteiger partial charge on any atom is 0.331 e. The molecule has 0 aromatic heterocycles. The van der Waals surface area contributed by atoms with Crippen molar-refractivity contribution in [3.8, 4) is 0 Å². The van der Waals surface area contributed by atoms with E-state index in [0.717, 1.165) is 6.08 Å². The predicted octanol–water partition coefficient (Wildman–Crippen LogP) is 1.81. The minimum absolute atomic E-state index is 0.0259. The molecule has 0 aliphatic carbocycles. The monoisotopic (exact) mass is 240 g/mol. The molecule has 2 N–H and O–H groups in total. The Morgan fingerprint density at radius 3 is 1.41 bits per heavy atom. The first kappa shape index (κ1) is 17.2. The van der Waals surface area contributed by atoms with Crippen molar-refractivity contribution in [3.63, 3.8) is 0 Å². The van der Waals surface area contributed by atoms with Gasteiger partial charge in [0.05, 0.1) is 0 Å². The summed E-state index contributed by atoms with van der Waals surface area (Å²) >= 11 is 0. The van der Waals surface area contributed by atoms with Gasteiger partial charge in [0, 0.05) is 11.1 Å². The lowest BCUT2D eigenvalue weighted by molar-refractivity contribution is -0.133. The SMILES string of the molecule is C=C(C)C(=O)/C=C(\C)C(=O)O.C=C(C)C(=O)O. The lowest BCUT2D eigenvalue weighted by atomic mass is 10.1. The molecule has 0 atom stereocenters. The number of ketones is 1. The standard InChI is InChI=1S/C8H10O3.C4H6O2/c1-5(2)7(9)4-6(3)8(10)11;1-3(2)4(5)6/h4H,1H2,2-3H3,(H,10,11);1H2,2H3,(H,5,6)/b6-4+;. The van der Waals surface area contributed by atoms with Crippen molar-refractivity contribution in [2.45, 2.75) is 20.8 Å². The molecule has 0 aliphatic heterocycles. The molecule has 0 aliphatic rings. The Bertz CT molecular complexity index is 376. The second-order valence-electron chi connectivity index (χ2n) is 3.36. The molecule has 0 spiro atoms. The van der Waals surface area contributed by atoms with Crippen LogP contribution in [0.4, 0.5) is 0 Å². The van der Waals surface area contributed by atoms with Crippen LogP contribution in [0.1, 0.15) is 20.8 Å². The Morgan fingerprint density at radius 2 is 1.24 bits per heavy atom. The third kappa shape index (κ3) is 10.1. The number of aliphatic carboxylic acids is 2. The average molecular weight is 240 g/mol. The van der Waals surface area contributed by atoms with Gasteiger partial charge in [0.25, 0.3) is 0 Å². The molecule has 0 heterocycles. The van der Waals surface area contributed by atoms with E-state index < -0.39 is 11.9 Å². The van der Waals surface area contributed by atoms with Crippen molar-refractivity contribution in [1.29, 1.82) is 0 Å². The lowest BCUT2D eigenvalue weighted by Crippen LogP contribution is -2.01. The van der Waals surface area contributed by atoms with E-state index >= 15 is 0 Å². The van der Waals surface area contributed by atoms with Gasteiger partial charge in [0.2, 0.25) is 0 Å². The van der Waals surface area contributed by atoms with E-state index in [-0.39, 0.29) is 16.9 Å². The largest absolute Gasteiger partial charge is 0.478 e. The van der Waals surface area contributed by atoms with E-state index in [1.807, 2.05) is 0 Å². The van der Waals surface area contributed by atoms with Crippen molar-refractivity contribution < 1.29 is 24.6 Å². The number of carbonyl (C=O) groups excluding carboxylic acids is 1. The van der Waals surface area contributed by atoms with Crippen LogP contribution in [-0.4, -0.2) is 27.9 Å². The minimum Gasteiger partial charge on any atom is -0.478 e. The molecule has 94 valence electrons. The molecule has 0 unspecified atom stereocenters. The van der Waals surface area contributed by atoms with Gasteiger partial charge < -0.3 is 10.2 Å². The highest BCUT2D eigenvalue weighted by atomic mass is 16.4. The topological polar surface area (TPSA) is 91.7 Å². The molecular weight excluding hydrogens is 224 g/mol. The van der Waals surface area contributed by atoms with E-state index in [1.54, 1.807) is 0 Å². The van der Waals surface area contributed by atoms with E-state index in [1.165, 1.54) is 20.8 Å². The molecule has 0 bridgehead atoms. The van der Waals surface area contributed by atoms with Crippen LogP contribution in [0, 0.1) is 0 Å². The second kappa shape index (κ2) is 8.04. The summed E-state index contributed by atoms with van der Waals surface area (Å²) in [5, 5.41) is 16.3. The normalized spacial score (nSPS) is 9.71. The fourth-order valence-corrected chi connectivity index (χ4v) is 0.382. The van der Waals surface area contributed by atoms with E-state index in [2.05, 4.69) is 13.2 Å². The molecule has 0 saturated carbocycles. The molecule has 0 aromatic rings. The maximum atomic E-state index is 10.8. The van der Waals surface area contributed by atoms with Gasteiger partial charge in [-0.1, -0.05) is 13.2 Å². The van der Waals surface area contributed by atoms with Crippen LogP contribution in [0.5, 0.6) is 0 Å². The maximum absolute atomic E-state index is 10.8. The van der Waals surface area contributed by atoms with Crippen molar-refractivity contribution >= 4 is 17.7 Å². The predicted molar refractivity (Wildman–Crippen MR) is 63.7 cm³/mol. The first-order valence-electron chi connectivity index (χ1n) is 4.59. The van der Waals surface area contributed by atoms with Crippen LogP contribution >= 0.6 is 0 Å². The van der Waals surface area contributed by atoms with E-state index in [4.69, 9.17) is 10.2 Å². The zero-order valence-electron chi connectivity index (χ0n) is 10.1. The van der Waals surface area contributed by atoms with Crippen LogP contribution in [0.2, 0.25) is 0 Å². The first-order valence-corrected chi connectivity index (χ1v) is 4.59. The molecular formula is C12H16O5. The second-order valence-corrected chi connectivity index (χ2v) is 3.36. The molecule has 5 heteroatoms. The quantitative estimate of drug-likeness (QED) is 0.731. The summed E-state index contributed by atoms with van der Waals surface area (Å²) in [6.45, 7) is 10.9. The average Bonchev–Trinajstić information content (AvgIpc) is 2.17. The number of carboxylic acids is 2. The van der Waals surface area contributed by atoms with Crippen LogP contribution < -0.4 is 0 Å². The van der Waals surface area contributed by atoms with Crippen molar-refractivity contribution in [3.05, 3.63) is 36.0 Å². The van der Waals surface area contributed by atoms with E-state index in [9.17, 15) is 14.4 Å². The number of carboxylic acid groups (broad SMARTS) is 2.